The Morgan fingerprint density at radius 2 is 2.05 bits per heavy atom. The number of carbonyl (C=O) groups excluding carboxylic acids is 1. The molecule has 20 heavy (non-hydrogen) atoms. The highest BCUT2D eigenvalue weighted by Gasteiger charge is 2.26. The zero-order chi connectivity index (χ0) is 14.4. The minimum atomic E-state index is 0.0268. The van der Waals surface area contributed by atoms with Gasteiger partial charge in [-0.1, -0.05) is 36.6 Å². The summed E-state index contributed by atoms with van der Waals surface area (Å²) in [4.78, 5) is 15.1. The number of nitrogens with zero attached hydrogens (tertiary/aromatic N) is 1. The van der Waals surface area contributed by atoms with Crippen LogP contribution in [0.4, 0.5) is 0 Å². The number of benzene rings is 1. The minimum absolute atomic E-state index is 0.0268. The van der Waals surface area contributed by atoms with Crippen LogP contribution in [0.1, 0.15) is 25.7 Å². The largest absolute Gasteiger partial charge is 0.395 e. The Bertz CT molecular complexity index is 449. The third-order valence-electron chi connectivity index (χ3n) is 3.61. The van der Waals surface area contributed by atoms with Gasteiger partial charge in [0.1, 0.15) is 0 Å². The number of hydrogen-bond acceptors (Lipinski definition) is 3. The Morgan fingerprint density at radius 1 is 1.35 bits per heavy atom. The van der Waals surface area contributed by atoms with Gasteiger partial charge < -0.3 is 10.0 Å². The number of aliphatic hydroxyl groups excluding tert-OH is 1. The number of carbonyl (C=O) groups is 1. The number of thioether (sulfide) groups is 1. The van der Waals surface area contributed by atoms with Crippen LogP contribution in [0.2, 0.25) is 5.02 Å². The van der Waals surface area contributed by atoms with Crippen LogP contribution < -0.4 is 0 Å². The van der Waals surface area contributed by atoms with E-state index < -0.39 is 0 Å². The van der Waals surface area contributed by atoms with Crippen LogP contribution in [-0.4, -0.2) is 40.9 Å². The van der Waals surface area contributed by atoms with Crippen molar-refractivity contribution in [2.45, 2.75) is 36.6 Å². The van der Waals surface area contributed by atoms with Crippen LogP contribution in [0.3, 0.4) is 0 Å². The molecule has 1 aromatic rings. The quantitative estimate of drug-likeness (QED) is 0.820. The van der Waals surface area contributed by atoms with Crippen molar-refractivity contribution in [1.29, 1.82) is 0 Å². The topological polar surface area (TPSA) is 40.5 Å². The van der Waals surface area contributed by atoms with Gasteiger partial charge >= 0.3 is 0 Å². The van der Waals surface area contributed by atoms with Gasteiger partial charge in [-0.25, -0.2) is 0 Å². The molecular formula is C15H20ClNO2S. The lowest BCUT2D eigenvalue weighted by Gasteiger charge is -2.28. The maximum atomic E-state index is 12.4. The minimum Gasteiger partial charge on any atom is -0.395 e. The summed E-state index contributed by atoms with van der Waals surface area (Å²) < 4.78 is 0. The maximum Gasteiger partial charge on any atom is 0.233 e. The van der Waals surface area contributed by atoms with Crippen LogP contribution >= 0.6 is 23.4 Å². The van der Waals surface area contributed by atoms with Crippen molar-refractivity contribution < 1.29 is 9.90 Å². The average molecular weight is 314 g/mol. The van der Waals surface area contributed by atoms with Gasteiger partial charge in [0, 0.05) is 17.5 Å². The summed E-state index contributed by atoms with van der Waals surface area (Å²) in [5, 5.41) is 9.83. The monoisotopic (exact) mass is 313 g/mol. The van der Waals surface area contributed by atoms with Gasteiger partial charge in [0.2, 0.25) is 5.91 Å². The smallest absolute Gasteiger partial charge is 0.233 e. The summed E-state index contributed by atoms with van der Waals surface area (Å²) in [5.74, 6) is 0.469. The van der Waals surface area contributed by atoms with E-state index in [0.717, 1.165) is 17.7 Å². The molecule has 1 N–H and O–H groups in total. The van der Waals surface area contributed by atoms with Crippen molar-refractivity contribution in [2.24, 2.45) is 0 Å². The molecule has 1 saturated carbocycles. The SMILES string of the molecule is O=C(CSc1ccccc1Cl)N(CCO)C1CCCC1. The van der Waals surface area contributed by atoms with E-state index >= 15 is 0 Å². The second-order valence-corrected chi connectivity index (χ2v) is 6.39. The molecule has 0 atom stereocenters. The Hall–Kier alpha value is -0.710. The Labute approximate surface area is 129 Å². The van der Waals surface area contributed by atoms with Crippen LogP contribution in [0.25, 0.3) is 0 Å². The average Bonchev–Trinajstić information content (AvgIpc) is 2.97. The van der Waals surface area contributed by atoms with Crippen LogP contribution in [0.5, 0.6) is 0 Å². The van der Waals surface area contributed by atoms with Crippen molar-refractivity contribution in [3.63, 3.8) is 0 Å². The highest BCUT2D eigenvalue weighted by atomic mass is 35.5. The van der Waals surface area contributed by atoms with E-state index in [1.165, 1.54) is 24.6 Å². The molecular weight excluding hydrogens is 294 g/mol. The van der Waals surface area contributed by atoms with Gasteiger partial charge in [0.25, 0.3) is 0 Å². The number of aliphatic hydroxyl groups is 1. The van der Waals surface area contributed by atoms with Crippen LogP contribution in [0.15, 0.2) is 29.2 Å². The first-order valence-corrected chi connectivity index (χ1v) is 8.36. The van der Waals surface area contributed by atoms with Crippen LogP contribution in [-0.2, 0) is 4.79 Å². The van der Waals surface area contributed by atoms with E-state index in [0.29, 0.717) is 23.4 Å². The van der Waals surface area contributed by atoms with E-state index in [1.807, 2.05) is 29.2 Å². The summed E-state index contributed by atoms with van der Waals surface area (Å²) in [6.45, 7) is 0.464. The van der Waals surface area contributed by atoms with Gasteiger partial charge in [-0.15, -0.1) is 11.8 Å². The number of amides is 1. The van der Waals surface area contributed by atoms with Crippen molar-refractivity contribution in [2.75, 3.05) is 18.9 Å². The first kappa shape index (κ1) is 15.7. The van der Waals surface area contributed by atoms with Gasteiger partial charge in [-0.3, -0.25) is 4.79 Å². The molecule has 1 fully saturated rings. The van der Waals surface area contributed by atoms with Gasteiger partial charge in [0.05, 0.1) is 17.4 Å². The number of rotatable bonds is 6. The summed E-state index contributed by atoms with van der Waals surface area (Å²) in [7, 11) is 0. The van der Waals surface area contributed by atoms with Gasteiger partial charge in [-0.2, -0.15) is 0 Å². The van der Waals surface area contributed by atoms with E-state index in [1.54, 1.807) is 0 Å². The Balaban J connectivity index is 1.93. The zero-order valence-corrected chi connectivity index (χ0v) is 13.0. The normalized spacial score (nSPS) is 15.5. The highest BCUT2D eigenvalue weighted by molar-refractivity contribution is 8.00. The molecule has 2 rings (SSSR count). The predicted molar refractivity (Wildman–Crippen MR) is 83.2 cm³/mol. The fourth-order valence-electron chi connectivity index (χ4n) is 2.62. The van der Waals surface area contributed by atoms with Crippen molar-refractivity contribution in [1.82, 2.24) is 4.90 Å². The van der Waals surface area contributed by atoms with Gasteiger partial charge in [-0.05, 0) is 25.0 Å². The second kappa shape index (κ2) is 7.91. The molecule has 0 aromatic heterocycles. The molecule has 110 valence electrons. The van der Waals surface area contributed by atoms with Crippen molar-refractivity contribution in [3.05, 3.63) is 29.3 Å². The molecule has 0 heterocycles. The molecule has 0 radical (unpaired) electrons. The summed E-state index contributed by atoms with van der Waals surface area (Å²) in [5.41, 5.74) is 0. The first-order valence-electron chi connectivity index (χ1n) is 7.00. The fraction of sp³-hybridized carbons (Fsp3) is 0.533. The fourth-order valence-corrected chi connectivity index (χ4v) is 3.74. The third-order valence-corrected chi connectivity index (χ3v) is 5.11. The molecule has 1 aromatic carbocycles. The Morgan fingerprint density at radius 3 is 2.70 bits per heavy atom. The highest BCUT2D eigenvalue weighted by Crippen LogP contribution is 2.28. The van der Waals surface area contributed by atoms with E-state index in [9.17, 15) is 4.79 Å². The predicted octanol–water partition coefficient (Wildman–Crippen LogP) is 3.20. The molecule has 1 aliphatic carbocycles. The first-order chi connectivity index (χ1) is 9.72. The molecule has 5 heteroatoms. The number of halogens is 1. The lowest BCUT2D eigenvalue weighted by molar-refractivity contribution is -0.131. The van der Waals surface area contributed by atoms with E-state index in [-0.39, 0.29) is 12.5 Å². The van der Waals surface area contributed by atoms with Crippen molar-refractivity contribution >= 4 is 29.3 Å². The summed E-state index contributed by atoms with van der Waals surface area (Å²) >= 11 is 7.55. The molecule has 1 aliphatic rings. The second-order valence-electron chi connectivity index (χ2n) is 4.97. The maximum absolute atomic E-state index is 12.4. The Kier molecular flexibility index (Phi) is 6.20. The molecule has 0 spiro atoms. The lowest BCUT2D eigenvalue weighted by atomic mass is 10.2. The summed E-state index contributed by atoms with van der Waals surface area (Å²) in [6, 6.07) is 7.86. The van der Waals surface area contributed by atoms with E-state index in [4.69, 9.17) is 16.7 Å². The molecule has 3 nitrogen and oxygen atoms in total. The molecule has 1 amide bonds. The molecule has 0 bridgehead atoms. The lowest BCUT2D eigenvalue weighted by Crippen LogP contribution is -2.41. The van der Waals surface area contributed by atoms with Gasteiger partial charge in [0.15, 0.2) is 0 Å². The molecule has 0 saturated heterocycles. The number of hydrogen-bond donors (Lipinski definition) is 1. The standard InChI is InChI=1S/C15H20ClNO2S/c16-13-7-3-4-8-14(13)20-11-15(19)17(9-10-18)12-5-1-2-6-12/h3-4,7-8,12,18H,1-2,5-6,9-11H2. The molecule has 0 unspecified atom stereocenters. The van der Waals surface area contributed by atoms with E-state index in [2.05, 4.69) is 0 Å². The molecule has 0 aliphatic heterocycles. The third kappa shape index (κ3) is 4.14. The summed E-state index contributed by atoms with van der Waals surface area (Å²) in [6.07, 6.45) is 4.47. The van der Waals surface area contributed by atoms with Crippen molar-refractivity contribution in [3.8, 4) is 0 Å². The van der Waals surface area contributed by atoms with Crippen LogP contribution in [0, 0.1) is 0 Å². The zero-order valence-electron chi connectivity index (χ0n) is 11.4.